The zero-order chi connectivity index (χ0) is 28.3. The summed E-state index contributed by atoms with van der Waals surface area (Å²) < 4.78 is 9.01. The fourth-order valence-electron chi connectivity index (χ4n) is 6.61. The summed E-state index contributed by atoms with van der Waals surface area (Å²) in [4.78, 5) is 2.32. The molecular formula is C40H26N2O. The van der Waals surface area contributed by atoms with Crippen LogP contribution >= 0.6 is 0 Å². The van der Waals surface area contributed by atoms with Crippen molar-refractivity contribution in [2.24, 2.45) is 0 Å². The number of hydrogen-bond donors (Lipinski definition) is 0. The molecule has 0 unspecified atom stereocenters. The maximum Gasteiger partial charge on any atom is 0.145 e. The van der Waals surface area contributed by atoms with E-state index in [1.165, 1.54) is 10.8 Å². The fraction of sp³-hybridized carbons (Fsp3) is 0. The van der Waals surface area contributed by atoms with Crippen molar-refractivity contribution >= 4 is 71.6 Å². The van der Waals surface area contributed by atoms with Crippen LogP contribution in [0.5, 0.6) is 0 Å². The van der Waals surface area contributed by atoms with Crippen LogP contribution in [-0.2, 0) is 0 Å². The lowest BCUT2D eigenvalue weighted by Gasteiger charge is -2.25. The largest absolute Gasteiger partial charge is 0.455 e. The summed E-state index contributed by atoms with van der Waals surface area (Å²) in [5, 5.41) is 7.00. The van der Waals surface area contributed by atoms with E-state index >= 15 is 0 Å². The third kappa shape index (κ3) is 3.68. The Labute approximate surface area is 248 Å². The Balaban J connectivity index is 1.39. The molecule has 0 aliphatic rings. The highest BCUT2D eigenvalue weighted by Crippen LogP contribution is 2.43. The van der Waals surface area contributed by atoms with Crippen LogP contribution in [0.2, 0.25) is 0 Å². The maximum atomic E-state index is 6.64. The second-order valence-corrected chi connectivity index (χ2v) is 11.0. The molecule has 202 valence electrons. The summed E-state index contributed by atoms with van der Waals surface area (Å²) in [6.45, 7) is 0. The summed E-state index contributed by atoms with van der Waals surface area (Å²) in [7, 11) is 0. The van der Waals surface area contributed by atoms with E-state index in [-0.39, 0.29) is 0 Å². The minimum atomic E-state index is 0.906. The number of nitrogens with zero attached hydrogens (tertiary/aromatic N) is 2. The summed E-state index contributed by atoms with van der Waals surface area (Å²) in [5.41, 5.74) is 8.54. The van der Waals surface area contributed by atoms with Gasteiger partial charge in [0.15, 0.2) is 0 Å². The van der Waals surface area contributed by atoms with Gasteiger partial charge in [0.05, 0.1) is 16.4 Å². The third-order valence-corrected chi connectivity index (χ3v) is 8.53. The normalized spacial score (nSPS) is 11.7. The van der Waals surface area contributed by atoms with E-state index in [0.29, 0.717) is 0 Å². The first-order chi connectivity index (χ1) is 21.3. The number of anilines is 3. The Morgan fingerprint density at radius 2 is 1.12 bits per heavy atom. The first kappa shape index (κ1) is 23.9. The molecule has 43 heavy (non-hydrogen) atoms. The minimum absolute atomic E-state index is 0.906. The molecule has 3 nitrogen and oxygen atoms in total. The van der Waals surface area contributed by atoms with Crippen molar-refractivity contribution in [3.8, 4) is 5.69 Å². The highest BCUT2D eigenvalue weighted by molar-refractivity contribution is 6.24. The SMILES string of the molecule is c1ccc(N(c2ccccc2)c2ccc3c(c2)c2c4oc5ccccc5c4ccc2n3-c2ccc3ccccc3c2)cc1. The van der Waals surface area contributed by atoms with Gasteiger partial charge in [-0.15, -0.1) is 0 Å². The predicted octanol–water partition coefficient (Wildman–Crippen LogP) is 11.3. The average molecular weight is 551 g/mol. The van der Waals surface area contributed by atoms with Gasteiger partial charge in [-0.3, -0.25) is 0 Å². The number of hydrogen-bond acceptors (Lipinski definition) is 2. The highest BCUT2D eigenvalue weighted by atomic mass is 16.3. The molecule has 7 aromatic carbocycles. The zero-order valence-corrected chi connectivity index (χ0v) is 23.3. The monoisotopic (exact) mass is 550 g/mol. The maximum absolute atomic E-state index is 6.64. The Morgan fingerprint density at radius 3 is 1.91 bits per heavy atom. The minimum Gasteiger partial charge on any atom is -0.455 e. The van der Waals surface area contributed by atoms with Gasteiger partial charge in [0, 0.05) is 38.9 Å². The standard InChI is InChI=1S/C40H26N2O/c1-3-13-29(14-4-1)41(30-15-5-2-6-16-30)32-21-23-36-35(26-32)39-37(24-22-34-33-17-9-10-18-38(33)43-40(34)39)42(36)31-20-19-27-11-7-8-12-28(27)25-31/h1-26H. The molecule has 0 fully saturated rings. The van der Waals surface area contributed by atoms with Crippen LogP contribution in [0.1, 0.15) is 0 Å². The van der Waals surface area contributed by atoms with E-state index in [4.69, 9.17) is 4.42 Å². The molecular weight excluding hydrogens is 524 g/mol. The number of benzene rings is 7. The number of aromatic nitrogens is 1. The molecule has 2 heterocycles. The van der Waals surface area contributed by atoms with E-state index in [1.54, 1.807) is 0 Å². The predicted molar refractivity (Wildman–Crippen MR) is 180 cm³/mol. The van der Waals surface area contributed by atoms with Crippen molar-refractivity contribution < 1.29 is 4.42 Å². The van der Waals surface area contributed by atoms with Gasteiger partial charge in [-0.05, 0) is 83.6 Å². The van der Waals surface area contributed by atoms with E-state index in [1.807, 2.05) is 6.07 Å². The van der Waals surface area contributed by atoms with Crippen LogP contribution in [0, 0.1) is 0 Å². The molecule has 3 heteroatoms. The smallest absolute Gasteiger partial charge is 0.145 e. The topological polar surface area (TPSA) is 21.3 Å². The summed E-state index contributed by atoms with van der Waals surface area (Å²) in [5.74, 6) is 0. The van der Waals surface area contributed by atoms with Crippen LogP contribution in [0.25, 0.3) is 60.2 Å². The molecule has 0 aliphatic heterocycles. The Bertz CT molecular complexity index is 2410. The first-order valence-electron chi connectivity index (χ1n) is 14.6. The molecule has 0 spiro atoms. The van der Waals surface area contributed by atoms with Crippen molar-refractivity contribution in [1.82, 2.24) is 4.57 Å². The van der Waals surface area contributed by atoms with Gasteiger partial charge in [0.25, 0.3) is 0 Å². The van der Waals surface area contributed by atoms with Crippen LogP contribution < -0.4 is 4.90 Å². The molecule has 0 radical (unpaired) electrons. The van der Waals surface area contributed by atoms with E-state index < -0.39 is 0 Å². The highest BCUT2D eigenvalue weighted by Gasteiger charge is 2.21. The third-order valence-electron chi connectivity index (χ3n) is 8.53. The van der Waals surface area contributed by atoms with E-state index in [9.17, 15) is 0 Å². The van der Waals surface area contributed by atoms with Crippen molar-refractivity contribution in [3.05, 3.63) is 158 Å². The van der Waals surface area contributed by atoms with Gasteiger partial charge in [-0.1, -0.05) is 84.9 Å². The van der Waals surface area contributed by atoms with Gasteiger partial charge in [-0.2, -0.15) is 0 Å². The Kier molecular flexibility index (Phi) is 5.20. The molecule has 0 N–H and O–H groups in total. The number of fused-ring (bicyclic) bond motifs is 8. The van der Waals surface area contributed by atoms with E-state index in [0.717, 1.165) is 66.5 Å². The molecule has 9 rings (SSSR count). The Morgan fingerprint density at radius 1 is 0.442 bits per heavy atom. The van der Waals surface area contributed by atoms with Crippen molar-refractivity contribution in [2.75, 3.05) is 4.90 Å². The lowest BCUT2D eigenvalue weighted by molar-refractivity contribution is 0.673. The van der Waals surface area contributed by atoms with Crippen molar-refractivity contribution in [3.63, 3.8) is 0 Å². The van der Waals surface area contributed by atoms with Gasteiger partial charge >= 0.3 is 0 Å². The fourth-order valence-corrected chi connectivity index (χ4v) is 6.61. The number of para-hydroxylation sites is 3. The molecule has 0 aliphatic carbocycles. The summed E-state index contributed by atoms with van der Waals surface area (Å²) >= 11 is 0. The van der Waals surface area contributed by atoms with Gasteiger partial charge in [0.2, 0.25) is 0 Å². The molecule has 0 saturated heterocycles. The summed E-state index contributed by atoms with van der Waals surface area (Å²) in [6.07, 6.45) is 0. The number of furan rings is 1. The first-order valence-corrected chi connectivity index (χ1v) is 14.6. The second-order valence-electron chi connectivity index (χ2n) is 11.0. The number of rotatable bonds is 4. The van der Waals surface area contributed by atoms with Gasteiger partial charge < -0.3 is 13.9 Å². The second kappa shape index (κ2) is 9.37. The molecule has 2 aromatic heterocycles. The molecule has 0 amide bonds. The van der Waals surface area contributed by atoms with E-state index in [2.05, 4.69) is 161 Å². The quantitative estimate of drug-likeness (QED) is 0.217. The lowest BCUT2D eigenvalue weighted by atomic mass is 10.1. The van der Waals surface area contributed by atoms with Gasteiger partial charge in [-0.25, -0.2) is 0 Å². The zero-order valence-electron chi connectivity index (χ0n) is 23.3. The summed E-state index contributed by atoms with van der Waals surface area (Å²) in [6, 6.07) is 56.0. The van der Waals surface area contributed by atoms with Crippen LogP contribution in [0.4, 0.5) is 17.1 Å². The molecule has 0 bridgehead atoms. The molecule has 0 saturated carbocycles. The van der Waals surface area contributed by atoms with Crippen LogP contribution in [0.15, 0.2) is 162 Å². The Hall–Kier alpha value is -5.80. The molecule has 9 aromatic rings. The van der Waals surface area contributed by atoms with Crippen molar-refractivity contribution in [1.29, 1.82) is 0 Å². The van der Waals surface area contributed by atoms with Crippen LogP contribution in [0.3, 0.4) is 0 Å². The molecule has 0 atom stereocenters. The van der Waals surface area contributed by atoms with Gasteiger partial charge in [0.1, 0.15) is 11.2 Å². The average Bonchev–Trinajstić information content (AvgIpc) is 3.61. The van der Waals surface area contributed by atoms with Crippen LogP contribution in [-0.4, -0.2) is 4.57 Å². The lowest BCUT2D eigenvalue weighted by Crippen LogP contribution is -2.09. The van der Waals surface area contributed by atoms with Crippen molar-refractivity contribution in [2.45, 2.75) is 0 Å².